The maximum Gasteiger partial charge on any atom is 0.228 e. The minimum absolute atomic E-state index is 0.0883. The second-order valence-electron chi connectivity index (χ2n) is 6.40. The van der Waals surface area contributed by atoms with Gasteiger partial charge in [0.2, 0.25) is 5.91 Å². The van der Waals surface area contributed by atoms with Crippen LogP contribution in [0.2, 0.25) is 0 Å². The maximum atomic E-state index is 12.8. The molecule has 4 rings (SSSR count). The van der Waals surface area contributed by atoms with Crippen LogP contribution in [0.4, 0.5) is 0 Å². The summed E-state index contributed by atoms with van der Waals surface area (Å²) in [6.07, 6.45) is 3.86. The second kappa shape index (κ2) is 6.33. The van der Waals surface area contributed by atoms with Gasteiger partial charge in [-0.05, 0) is 26.0 Å². The molecule has 1 atom stereocenters. The Kier molecular flexibility index (Phi) is 4.01. The SMILES string of the molecule is Cc1cnc([C@@H]2CN(C(=O)Cc3c(C)nc4ccccn34)CCO2)[nH]1. The van der Waals surface area contributed by atoms with Crippen molar-refractivity contribution in [2.75, 3.05) is 19.7 Å². The first kappa shape index (κ1) is 15.8. The number of amides is 1. The first-order chi connectivity index (χ1) is 12.1. The van der Waals surface area contributed by atoms with Gasteiger partial charge in [-0.2, -0.15) is 0 Å². The fourth-order valence-electron chi connectivity index (χ4n) is 3.27. The third-order valence-corrected chi connectivity index (χ3v) is 4.59. The molecule has 7 nitrogen and oxygen atoms in total. The minimum atomic E-state index is -0.199. The van der Waals surface area contributed by atoms with E-state index in [1.54, 1.807) is 6.20 Å². The lowest BCUT2D eigenvalue weighted by Crippen LogP contribution is -2.43. The fourth-order valence-corrected chi connectivity index (χ4v) is 3.27. The van der Waals surface area contributed by atoms with Crippen molar-refractivity contribution in [2.45, 2.75) is 26.4 Å². The van der Waals surface area contributed by atoms with Crippen LogP contribution in [-0.4, -0.2) is 49.9 Å². The predicted octanol–water partition coefficient (Wildman–Crippen LogP) is 1.82. The Morgan fingerprint density at radius 3 is 3.08 bits per heavy atom. The Hall–Kier alpha value is -2.67. The monoisotopic (exact) mass is 339 g/mol. The molecule has 3 aromatic heterocycles. The molecule has 25 heavy (non-hydrogen) atoms. The van der Waals surface area contributed by atoms with Crippen molar-refractivity contribution >= 4 is 11.6 Å². The molecule has 1 amide bonds. The summed E-state index contributed by atoms with van der Waals surface area (Å²) in [5.74, 6) is 0.867. The number of aromatic nitrogens is 4. The number of morpholine rings is 1. The zero-order valence-corrected chi connectivity index (χ0v) is 14.4. The van der Waals surface area contributed by atoms with Crippen molar-refractivity contribution in [3.63, 3.8) is 0 Å². The zero-order chi connectivity index (χ0) is 17.4. The number of H-pyrrole nitrogens is 1. The smallest absolute Gasteiger partial charge is 0.228 e. The van der Waals surface area contributed by atoms with Gasteiger partial charge in [0, 0.05) is 24.6 Å². The van der Waals surface area contributed by atoms with Gasteiger partial charge < -0.3 is 19.0 Å². The highest BCUT2D eigenvalue weighted by Crippen LogP contribution is 2.21. The molecule has 4 heterocycles. The second-order valence-corrected chi connectivity index (χ2v) is 6.40. The summed E-state index contributed by atoms with van der Waals surface area (Å²) in [6.45, 7) is 5.54. The Morgan fingerprint density at radius 1 is 1.40 bits per heavy atom. The normalized spacial score (nSPS) is 18.0. The van der Waals surface area contributed by atoms with E-state index in [-0.39, 0.29) is 12.0 Å². The molecular formula is C18H21N5O2. The Balaban J connectivity index is 1.51. The number of aromatic amines is 1. The molecule has 3 aromatic rings. The maximum absolute atomic E-state index is 12.8. The Labute approximate surface area is 145 Å². The number of nitrogens with zero attached hydrogens (tertiary/aromatic N) is 4. The molecule has 1 aliphatic heterocycles. The topological polar surface area (TPSA) is 75.5 Å². The summed E-state index contributed by atoms with van der Waals surface area (Å²) in [6, 6.07) is 5.85. The van der Waals surface area contributed by atoms with E-state index in [2.05, 4.69) is 15.0 Å². The predicted molar refractivity (Wildman–Crippen MR) is 92.2 cm³/mol. The van der Waals surface area contributed by atoms with E-state index >= 15 is 0 Å². The number of fused-ring (bicyclic) bond motifs is 1. The lowest BCUT2D eigenvalue weighted by Gasteiger charge is -2.32. The van der Waals surface area contributed by atoms with E-state index in [0.717, 1.165) is 28.6 Å². The van der Waals surface area contributed by atoms with Crippen molar-refractivity contribution in [3.05, 3.63) is 53.5 Å². The van der Waals surface area contributed by atoms with Crippen LogP contribution in [0.25, 0.3) is 5.65 Å². The van der Waals surface area contributed by atoms with Crippen LogP contribution in [0.3, 0.4) is 0 Å². The van der Waals surface area contributed by atoms with E-state index < -0.39 is 0 Å². The van der Waals surface area contributed by atoms with Crippen LogP contribution in [0.1, 0.15) is 29.0 Å². The molecule has 0 aliphatic carbocycles. The van der Waals surface area contributed by atoms with E-state index in [1.165, 1.54) is 0 Å². The first-order valence-corrected chi connectivity index (χ1v) is 8.45. The van der Waals surface area contributed by atoms with E-state index in [9.17, 15) is 4.79 Å². The third-order valence-electron chi connectivity index (χ3n) is 4.59. The fraction of sp³-hybridized carbons (Fsp3) is 0.389. The molecule has 0 radical (unpaired) electrons. The number of nitrogens with one attached hydrogen (secondary N) is 1. The average Bonchev–Trinajstić information content (AvgIpc) is 3.19. The summed E-state index contributed by atoms with van der Waals surface area (Å²) in [5, 5.41) is 0. The molecular weight excluding hydrogens is 318 g/mol. The molecule has 130 valence electrons. The van der Waals surface area contributed by atoms with Crippen molar-refractivity contribution in [1.82, 2.24) is 24.3 Å². The number of carbonyl (C=O) groups excluding carboxylic acids is 1. The number of imidazole rings is 2. The molecule has 0 spiro atoms. The molecule has 7 heteroatoms. The van der Waals surface area contributed by atoms with Gasteiger partial charge in [-0.15, -0.1) is 0 Å². The van der Waals surface area contributed by atoms with Crippen LogP contribution in [-0.2, 0) is 16.0 Å². The number of carbonyl (C=O) groups is 1. The summed E-state index contributed by atoms with van der Waals surface area (Å²) in [7, 11) is 0. The lowest BCUT2D eigenvalue weighted by molar-refractivity contribution is -0.138. The van der Waals surface area contributed by atoms with Crippen LogP contribution in [0.5, 0.6) is 0 Å². The number of ether oxygens (including phenoxy) is 1. The van der Waals surface area contributed by atoms with Gasteiger partial charge in [0.25, 0.3) is 0 Å². The van der Waals surface area contributed by atoms with Gasteiger partial charge in [0.05, 0.1) is 31.0 Å². The van der Waals surface area contributed by atoms with Gasteiger partial charge >= 0.3 is 0 Å². The molecule has 0 bridgehead atoms. The van der Waals surface area contributed by atoms with Crippen molar-refractivity contribution < 1.29 is 9.53 Å². The van der Waals surface area contributed by atoms with Gasteiger partial charge in [0.1, 0.15) is 17.6 Å². The highest BCUT2D eigenvalue weighted by molar-refractivity contribution is 5.79. The number of hydrogen-bond donors (Lipinski definition) is 1. The molecule has 0 unspecified atom stereocenters. The highest BCUT2D eigenvalue weighted by atomic mass is 16.5. The number of aryl methyl sites for hydroxylation is 2. The van der Waals surface area contributed by atoms with E-state index in [1.807, 2.05) is 47.5 Å². The average molecular weight is 339 g/mol. The molecule has 1 aliphatic rings. The van der Waals surface area contributed by atoms with Crippen molar-refractivity contribution in [2.24, 2.45) is 0 Å². The standard InChI is InChI=1S/C18H21N5O2/c1-12-10-19-18(20-12)15-11-22(7-8-25-15)17(24)9-14-13(2)21-16-5-3-4-6-23(14)16/h3-6,10,15H,7-9,11H2,1-2H3,(H,19,20)/t15-/m0/s1. The van der Waals surface area contributed by atoms with Gasteiger partial charge in [0.15, 0.2) is 0 Å². The zero-order valence-electron chi connectivity index (χ0n) is 14.4. The minimum Gasteiger partial charge on any atom is -0.367 e. The number of pyridine rings is 1. The van der Waals surface area contributed by atoms with Crippen molar-refractivity contribution in [1.29, 1.82) is 0 Å². The largest absolute Gasteiger partial charge is 0.367 e. The Morgan fingerprint density at radius 2 is 2.28 bits per heavy atom. The number of hydrogen-bond acceptors (Lipinski definition) is 4. The molecule has 0 saturated carbocycles. The Bertz CT molecular complexity index is 913. The lowest BCUT2D eigenvalue weighted by atomic mass is 10.2. The van der Waals surface area contributed by atoms with Gasteiger partial charge in [-0.1, -0.05) is 6.07 Å². The van der Waals surface area contributed by atoms with E-state index in [4.69, 9.17) is 4.74 Å². The third kappa shape index (κ3) is 3.02. The van der Waals surface area contributed by atoms with Crippen LogP contribution in [0, 0.1) is 13.8 Å². The summed E-state index contributed by atoms with van der Waals surface area (Å²) in [5.41, 5.74) is 3.70. The molecule has 0 aromatic carbocycles. The highest BCUT2D eigenvalue weighted by Gasteiger charge is 2.28. The first-order valence-electron chi connectivity index (χ1n) is 8.45. The molecule has 1 N–H and O–H groups in total. The van der Waals surface area contributed by atoms with E-state index in [0.29, 0.717) is 26.1 Å². The van der Waals surface area contributed by atoms with Crippen LogP contribution < -0.4 is 0 Å². The number of rotatable bonds is 3. The van der Waals surface area contributed by atoms with Crippen molar-refractivity contribution in [3.8, 4) is 0 Å². The van der Waals surface area contributed by atoms with Gasteiger partial charge in [-0.25, -0.2) is 9.97 Å². The summed E-state index contributed by atoms with van der Waals surface area (Å²) in [4.78, 5) is 26.8. The molecule has 1 saturated heterocycles. The molecule has 1 fully saturated rings. The quantitative estimate of drug-likeness (QED) is 0.790. The van der Waals surface area contributed by atoms with Crippen LogP contribution in [0.15, 0.2) is 30.6 Å². The summed E-state index contributed by atoms with van der Waals surface area (Å²) < 4.78 is 7.77. The van der Waals surface area contributed by atoms with Crippen LogP contribution >= 0.6 is 0 Å². The van der Waals surface area contributed by atoms with Gasteiger partial charge in [-0.3, -0.25) is 4.79 Å². The summed E-state index contributed by atoms with van der Waals surface area (Å²) >= 11 is 0.